The van der Waals surface area contributed by atoms with Gasteiger partial charge in [-0.15, -0.1) is 0 Å². The Balaban J connectivity index is 2.62. The predicted molar refractivity (Wildman–Crippen MR) is 63.2 cm³/mol. The number of nitrogens with two attached hydrogens (primary N) is 2. The largest absolute Gasteiger partial charge is 0.399 e. The average molecular weight is 254 g/mol. The van der Waals surface area contributed by atoms with Crippen LogP contribution in [0.3, 0.4) is 0 Å². The number of halogens is 1. The number of fused-ring (bicyclic) bond motifs is 1. The van der Waals surface area contributed by atoms with Gasteiger partial charge in [-0.05, 0) is 40.7 Å². The molecule has 2 rings (SSSR count). The lowest BCUT2D eigenvalue weighted by molar-refractivity contribution is 0.934. The minimum atomic E-state index is 0.640. The van der Waals surface area contributed by atoms with Crippen molar-refractivity contribution >= 4 is 32.5 Å². The van der Waals surface area contributed by atoms with Crippen LogP contribution in [0, 0.1) is 0 Å². The minimum Gasteiger partial charge on any atom is -0.399 e. The van der Waals surface area contributed by atoms with Crippen LogP contribution in [0.4, 0.5) is 5.69 Å². The zero-order valence-electron chi connectivity index (χ0n) is 7.68. The summed E-state index contributed by atoms with van der Waals surface area (Å²) in [4.78, 5) is 3.31. The first-order chi connectivity index (χ1) is 6.72. The van der Waals surface area contributed by atoms with E-state index in [4.69, 9.17) is 11.5 Å². The molecule has 0 aliphatic heterocycles. The fourth-order valence-electron chi connectivity index (χ4n) is 1.55. The van der Waals surface area contributed by atoms with Gasteiger partial charge in [0.2, 0.25) is 0 Å². The lowest BCUT2D eigenvalue weighted by atomic mass is 10.2. The first-order valence-corrected chi connectivity index (χ1v) is 5.27. The van der Waals surface area contributed by atoms with Crippen LogP contribution in [0.15, 0.2) is 22.7 Å². The van der Waals surface area contributed by atoms with Crippen molar-refractivity contribution in [1.29, 1.82) is 0 Å². The van der Waals surface area contributed by atoms with Crippen molar-refractivity contribution in [3.05, 3.63) is 28.4 Å². The molecule has 74 valence electrons. The highest BCUT2D eigenvalue weighted by molar-refractivity contribution is 9.10. The fourth-order valence-corrected chi connectivity index (χ4v) is 2.17. The van der Waals surface area contributed by atoms with Crippen molar-refractivity contribution in [3.8, 4) is 0 Å². The van der Waals surface area contributed by atoms with E-state index in [0.29, 0.717) is 6.54 Å². The smallest absolute Gasteiger partial charge is 0.0469 e. The molecule has 3 nitrogen and oxygen atoms in total. The number of hydrogen-bond donors (Lipinski definition) is 3. The average Bonchev–Trinajstić information content (AvgIpc) is 2.46. The molecule has 0 saturated heterocycles. The van der Waals surface area contributed by atoms with Gasteiger partial charge in [-0.1, -0.05) is 0 Å². The van der Waals surface area contributed by atoms with Crippen LogP contribution in [-0.4, -0.2) is 11.5 Å². The van der Waals surface area contributed by atoms with Crippen LogP contribution in [0.1, 0.15) is 5.69 Å². The van der Waals surface area contributed by atoms with Crippen LogP contribution in [0.25, 0.3) is 10.9 Å². The molecule has 0 spiro atoms. The van der Waals surface area contributed by atoms with Gasteiger partial charge in [0.1, 0.15) is 0 Å². The van der Waals surface area contributed by atoms with Gasteiger partial charge in [0, 0.05) is 33.2 Å². The second-order valence-corrected chi connectivity index (χ2v) is 4.05. The van der Waals surface area contributed by atoms with E-state index in [0.717, 1.165) is 33.2 Å². The molecule has 0 bridgehead atoms. The van der Waals surface area contributed by atoms with Gasteiger partial charge in [-0.2, -0.15) is 0 Å². The third kappa shape index (κ3) is 1.51. The zero-order valence-corrected chi connectivity index (χ0v) is 9.26. The second kappa shape index (κ2) is 3.63. The van der Waals surface area contributed by atoms with Crippen molar-refractivity contribution in [1.82, 2.24) is 4.98 Å². The molecule has 0 radical (unpaired) electrons. The Morgan fingerprint density at radius 1 is 1.36 bits per heavy atom. The molecule has 1 aromatic carbocycles. The summed E-state index contributed by atoms with van der Waals surface area (Å²) in [6, 6.07) is 5.82. The van der Waals surface area contributed by atoms with E-state index in [1.54, 1.807) is 0 Å². The minimum absolute atomic E-state index is 0.640. The normalized spacial score (nSPS) is 11.0. The van der Waals surface area contributed by atoms with Crippen LogP contribution in [0.5, 0.6) is 0 Å². The molecule has 0 fully saturated rings. The van der Waals surface area contributed by atoms with Gasteiger partial charge in [0.15, 0.2) is 0 Å². The van der Waals surface area contributed by atoms with Gasteiger partial charge >= 0.3 is 0 Å². The maximum absolute atomic E-state index is 5.72. The van der Waals surface area contributed by atoms with Crippen LogP contribution in [-0.2, 0) is 6.42 Å². The Bertz CT molecular complexity index is 462. The van der Waals surface area contributed by atoms with E-state index in [9.17, 15) is 0 Å². The number of anilines is 1. The molecule has 4 heteroatoms. The number of rotatable bonds is 2. The highest BCUT2D eigenvalue weighted by Gasteiger charge is 2.07. The Kier molecular flexibility index (Phi) is 2.48. The number of nitrogen functional groups attached to an aromatic ring is 1. The molecular formula is C10H12BrN3. The van der Waals surface area contributed by atoms with Gasteiger partial charge in [-0.3, -0.25) is 0 Å². The highest BCUT2D eigenvalue weighted by atomic mass is 79.9. The molecule has 1 aromatic heterocycles. The maximum Gasteiger partial charge on any atom is 0.0469 e. The van der Waals surface area contributed by atoms with Crippen LogP contribution < -0.4 is 11.5 Å². The van der Waals surface area contributed by atoms with E-state index in [-0.39, 0.29) is 0 Å². The predicted octanol–water partition coefficient (Wildman–Crippen LogP) is 2.01. The summed E-state index contributed by atoms with van der Waals surface area (Å²) in [7, 11) is 0. The molecule has 0 unspecified atom stereocenters. The monoisotopic (exact) mass is 253 g/mol. The third-order valence-corrected chi connectivity index (χ3v) is 3.13. The molecule has 1 heterocycles. The number of nitrogens with one attached hydrogen (secondary N) is 1. The van der Waals surface area contributed by atoms with Crippen LogP contribution in [0.2, 0.25) is 0 Å². The molecule has 14 heavy (non-hydrogen) atoms. The van der Waals surface area contributed by atoms with Crippen molar-refractivity contribution < 1.29 is 0 Å². The van der Waals surface area contributed by atoms with E-state index in [2.05, 4.69) is 20.9 Å². The summed E-state index contributed by atoms with van der Waals surface area (Å²) in [6.07, 6.45) is 0.842. The van der Waals surface area contributed by atoms with Crippen molar-refractivity contribution in [2.45, 2.75) is 6.42 Å². The van der Waals surface area contributed by atoms with E-state index in [1.807, 2.05) is 18.2 Å². The second-order valence-electron chi connectivity index (χ2n) is 3.26. The van der Waals surface area contributed by atoms with Gasteiger partial charge in [-0.25, -0.2) is 0 Å². The zero-order chi connectivity index (χ0) is 10.1. The molecule has 0 aliphatic rings. The molecule has 0 saturated carbocycles. The Labute approximate surface area is 90.6 Å². The first kappa shape index (κ1) is 9.55. The molecule has 5 N–H and O–H groups in total. The quantitative estimate of drug-likeness (QED) is 0.717. The Morgan fingerprint density at radius 3 is 2.86 bits per heavy atom. The van der Waals surface area contributed by atoms with Crippen molar-refractivity contribution in [2.75, 3.05) is 12.3 Å². The topological polar surface area (TPSA) is 67.8 Å². The van der Waals surface area contributed by atoms with E-state index in [1.165, 1.54) is 0 Å². The molecular weight excluding hydrogens is 242 g/mol. The fraction of sp³-hybridized carbons (Fsp3) is 0.200. The van der Waals surface area contributed by atoms with E-state index >= 15 is 0 Å². The summed E-state index contributed by atoms with van der Waals surface area (Å²) in [5, 5.41) is 1.12. The SMILES string of the molecule is NCCc1[nH]c2ccc(N)cc2c1Br. The third-order valence-electron chi connectivity index (χ3n) is 2.22. The lowest BCUT2D eigenvalue weighted by Gasteiger charge is -1.94. The van der Waals surface area contributed by atoms with Crippen molar-refractivity contribution in [3.63, 3.8) is 0 Å². The number of aromatic nitrogens is 1. The van der Waals surface area contributed by atoms with Gasteiger partial charge in [0.05, 0.1) is 0 Å². The van der Waals surface area contributed by atoms with Crippen molar-refractivity contribution in [2.24, 2.45) is 5.73 Å². The van der Waals surface area contributed by atoms with Gasteiger partial charge < -0.3 is 16.5 Å². The summed E-state index contributed by atoms with van der Waals surface area (Å²) in [6.45, 7) is 0.640. The van der Waals surface area contributed by atoms with Crippen LogP contribution >= 0.6 is 15.9 Å². The maximum atomic E-state index is 5.72. The number of hydrogen-bond acceptors (Lipinski definition) is 2. The standard InChI is InChI=1S/C10H12BrN3/c11-10-7-5-6(13)1-2-8(7)14-9(10)3-4-12/h1-2,5,14H,3-4,12-13H2. The Morgan fingerprint density at radius 2 is 2.14 bits per heavy atom. The molecule has 0 amide bonds. The number of benzene rings is 1. The van der Waals surface area contributed by atoms with E-state index < -0.39 is 0 Å². The molecule has 0 atom stereocenters. The molecule has 0 aliphatic carbocycles. The molecule has 2 aromatic rings. The summed E-state index contributed by atoms with van der Waals surface area (Å²) < 4.78 is 1.07. The lowest BCUT2D eigenvalue weighted by Crippen LogP contribution is -2.03. The summed E-state index contributed by atoms with van der Waals surface area (Å²) in [5.74, 6) is 0. The summed E-state index contributed by atoms with van der Waals surface area (Å²) >= 11 is 3.54. The number of aromatic amines is 1. The Hall–Kier alpha value is -1.00. The summed E-state index contributed by atoms with van der Waals surface area (Å²) in [5.41, 5.74) is 14.2. The highest BCUT2D eigenvalue weighted by Crippen LogP contribution is 2.29. The first-order valence-electron chi connectivity index (χ1n) is 4.48. The van der Waals surface area contributed by atoms with Gasteiger partial charge in [0.25, 0.3) is 0 Å². The number of H-pyrrole nitrogens is 1.